The number of methoxy groups -OCH3 is 2. The summed E-state index contributed by atoms with van der Waals surface area (Å²) < 4.78 is 12.9. The zero-order chi connectivity index (χ0) is 21.5. The fourth-order valence-corrected chi connectivity index (χ4v) is 4.23. The summed E-state index contributed by atoms with van der Waals surface area (Å²) in [6.45, 7) is 5.86. The van der Waals surface area contributed by atoms with Gasteiger partial charge in [0.15, 0.2) is 0 Å². The Balaban J connectivity index is 1.29. The van der Waals surface area contributed by atoms with Gasteiger partial charge < -0.3 is 14.4 Å². The Morgan fingerprint density at radius 3 is 2.39 bits per heavy atom. The Kier molecular flexibility index (Phi) is 7.22. The van der Waals surface area contributed by atoms with E-state index in [9.17, 15) is 0 Å². The van der Waals surface area contributed by atoms with E-state index in [1.165, 1.54) is 5.69 Å². The van der Waals surface area contributed by atoms with E-state index in [0.29, 0.717) is 6.61 Å². The standard InChI is InChI=1S/C25H32N4O2/c1-30-20-23-19-21(26-29(23)22-10-4-3-5-11-22)9-8-14-27-15-17-28(18-16-27)24-12-6-7-13-25(24)31-2/h3-7,10-13,19H,8-9,14-18,20H2,1-2H3. The molecule has 0 unspecified atom stereocenters. The van der Waals surface area contributed by atoms with Crippen molar-refractivity contribution in [2.24, 2.45) is 0 Å². The number of ether oxygens (including phenoxy) is 2. The molecule has 3 aromatic rings. The van der Waals surface area contributed by atoms with Crippen LogP contribution in [0.3, 0.4) is 0 Å². The molecule has 0 N–H and O–H groups in total. The van der Waals surface area contributed by atoms with Gasteiger partial charge in [-0.1, -0.05) is 30.3 Å². The molecule has 1 aliphatic rings. The number of rotatable bonds is 9. The van der Waals surface area contributed by atoms with E-state index in [0.717, 1.165) is 68.4 Å². The molecule has 0 aliphatic carbocycles. The number of para-hydroxylation sites is 3. The summed E-state index contributed by atoms with van der Waals surface area (Å²) in [5.41, 5.74) is 4.49. The molecular weight excluding hydrogens is 388 g/mol. The van der Waals surface area contributed by atoms with Crippen molar-refractivity contribution in [2.75, 3.05) is 51.8 Å². The molecule has 6 heteroatoms. The smallest absolute Gasteiger partial charge is 0.142 e. The highest BCUT2D eigenvalue weighted by atomic mass is 16.5. The first-order valence-electron chi connectivity index (χ1n) is 11.0. The van der Waals surface area contributed by atoms with Gasteiger partial charge in [-0.3, -0.25) is 4.90 Å². The molecule has 6 nitrogen and oxygen atoms in total. The van der Waals surface area contributed by atoms with Crippen molar-refractivity contribution in [2.45, 2.75) is 19.4 Å². The summed E-state index contributed by atoms with van der Waals surface area (Å²) in [5.74, 6) is 0.955. The third-order valence-corrected chi connectivity index (χ3v) is 5.83. The quantitative estimate of drug-likeness (QED) is 0.527. The molecule has 0 amide bonds. The molecule has 1 fully saturated rings. The van der Waals surface area contributed by atoms with Crippen molar-refractivity contribution in [3.8, 4) is 11.4 Å². The van der Waals surface area contributed by atoms with Crippen LogP contribution >= 0.6 is 0 Å². The summed E-state index contributed by atoms with van der Waals surface area (Å²) in [4.78, 5) is 4.98. The lowest BCUT2D eigenvalue weighted by molar-refractivity contribution is 0.179. The van der Waals surface area contributed by atoms with E-state index in [1.807, 2.05) is 35.0 Å². The van der Waals surface area contributed by atoms with Crippen LogP contribution in [0.1, 0.15) is 17.8 Å². The topological polar surface area (TPSA) is 42.8 Å². The molecule has 31 heavy (non-hydrogen) atoms. The number of benzene rings is 2. The molecule has 1 saturated heterocycles. The molecule has 0 spiro atoms. The molecule has 164 valence electrons. The van der Waals surface area contributed by atoms with Gasteiger partial charge in [-0.2, -0.15) is 5.10 Å². The molecule has 1 aromatic heterocycles. The van der Waals surface area contributed by atoms with Crippen LogP contribution < -0.4 is 9.64 Å². The van der Waals surface area contributed by atoms with Crippen molar-refractivity contribution in [3.63, 3.8) is 0 Å². The van der Waals surface area contributed by atoms with Crippen molar-refractivity contribution >= 4 is 5.69 Å². The fourth-order valence-electron chi connectivity index (χ4n) is 4.23. The minimum Gasteiger partial charge on any atom is -0.495 e. The molecule has 0 atom stereocenters. The van der Waals surface area contributed by atoms with E-state index in [2.05, 4.69) is 40.1 Å². The van der Waals surface area contributed by atoms with Gasteiger partial charge in [0.05, 0.1) is 36.5 Å². The minimum atomic E-state index is 0.562. The van der Waals surface area contributed by atoms with Gasteiger partial charge in [-0.25, -0.2) is 4.68 Å². The summed E-state index contributed by atoms with van der Waals surface area (Å²) in [5, 5.41) is 4.85. The number of aromatic nitrogens is 2. The third kappa shape index (κ3) is 5.27. The zero-order valence-corrected chi connectivity index (χ0v) is 18.5. The van der Waals surface area contributed by atoms with E-state index in [-0.39, 0.29) is 0 Å². The minimum absolute atomic E-state index is 0.562. The van der Waals surface area contributed by atoms with Crippen molar-refractivity contribution in [1.82, 2.24) is 14.7 Å². The largest absolute Gasteiger partial charge is 0.495 e. The predicted octanol–water partition coefficient (Wildman–Crippen LogP) is 3.78. The summed E-state index contributed by atoms with van der Waals surface area (Å²) in [6.07, 6.45) is 2.08. The molecule has 4 rings (SSSR count). The average molecular weight is 421 g/mol. The summed E-state index contributed by atoms with van der Waals surface area (Å²) in [6, 6.07) is 20.7. The number of nitrogens with zero attached hydrogens (tertiary/aromatic N) is 4. The maximum absolute atomic E-state index is 5.53. The number of hydrogen-bond acceptors (Lipinski definition) is 5. The Labute approximate surface area is 185 Å². The lowest BCUT2D eigenvalue weighted by atomic mass is 10.2. The van der Waals surface area contributed by atoms with E-state index >= 15 is 0 Å². The highest BCUT2D eigenvalue weighted by Gasteiger charge is 2.19. The Morgan fingerprint density at radius 1 is 0.903 bits per heavy atom. The van der Waals surface area contributed by atoms with Gasteiger partial charge in [0.1, 0.15) is 5.75 Å². The molecular formula is C25H32N4O2. The Morgan fingerprint density at radius 2 is 1.65 bits per heavy atom. The van der Waals surface area contributed by atoms with Gasteiger partial charge >= 0.3 is 0 Å². The van der Waals surface area contributed by atoms with Gasteiger partial charge in [0.2, 0.25) is 0 Å². The van der Waals surface area contributed by atoms with Crippen molar-refractivity contribution in [3.05, 3.63) is 72.1 Å². The van der Waals surface area contributed by atoms with Crippen LogP contribution in [0.15, 0.2) is 60.7 Å². The highest BCUT2D eigenvalue weighted by Crippen LogP contribution is 2.28. The zero-order valence-electron chi connectivity index (χ0n) is 18.5. The first-order valence-corrected chi connectivity index (χ1v) is 11.0. The van der Waals surface area contributed by atoms with Gasteiger partial charge in [0, 0.05) is 33.3 Å². The normalized spacial score (nSPS) is 14.7. The molecule has 2 aromatic carbocycles. The van der Waals surface area contributed by atoms with E-state index in [4.69, 9.17) is 14.6 Å². The van der Waals surface area contributed by atoms with Crippen molar-refractivity contribution < 1.29 is 9.47 Å². The number of anilines is 1. The molecule has 0 saturated carbocycles. The average Bonchev–Trinajstić information content (AvgIpc) is 3.23. The predicted molar refractivity (Wildman–Crippen MR) is 124 cm³/mol. The third-order valence-electron chi connectivity index (χ3n) is 5.83. The van der Waals surface area contributed by atoms with Crippen LogP contribution in [0.5, 0.6) is 5.75 Å². The van der Waals surface area contributed by atoms with Crippen LogP contribution in [0.2, 0.25) is 0 Å². The van der Waals surface area contributed by atoms with Gasteiger partial charge in [0.25, 0.3) is 0 Å². The molecule has 0 bridgehead atoms. The second-order valence-corrected chi connectivity index (χ2v) is 7.91. The fraction of sp³-hybridized carbons (Fsp3) is 0.400. The van der Waals surface area contributed by atoms with Crippen molar-refractivity contribution in [1.29, 1.82) is 0 Å². The lowest BCUT2D eigenvalue weighted by Gasteiger charge is -2.36. The maximum atomic E-state index is 5.53. The first kappa shape index (κ1) is 21.4. The maximum Gasteiger partial charge on any atom is 0.142 e. The number of hydrogen-bond donors (Lipinski definition) is 0. The van der Waals surface area contributed by atoms with Gasteiger partial charge in [-0.05, 0) is 49.7 Å². The molecule has 2 heterocycles. The second-order valence-electron chi connectivity index (χ2n) is 7.91. The van der Waals surface area contributed by atoms with Crippen LogP contribution in [0, 0.1) is 0 Å². The summed E-state index contributed by atoms with van der Waals surface area (Å²) in [7, 11) is 3.47. The SMILES string of the molecule is COCc1cc(CCCN2CCN(c3ccccc3OC)CC2)nn1-c1ccccc1. The van der Waals surface area contributed by atoms with Crippen LogP contribution in [-0.2, 0) is 17.8 Å². The second kappa shape index (κ2) is 10.5. The van der Waals surface area contributed by atoms with Crippen LogP contribution in [0.25, 0.3) is 5.69 Å². The number of piperazine rings is 1. The van der Waals surface area contributed by atoms with Crippen LogP contribution in [-0.4, -0.2) is 61.6 Å². The highest BCUT2D eigenvalue weighted by molar-refractivity contribution is 5.58. The van der Waals surface area contributed by atoms with E-state index in [1.54, 1.807) is 14.2 Å². The first-order chi connectivity index (χ1) is 15.3. The van der Waals surface area contributed by atoms with Crippen LogP contribution in [0.4, 0.5) is 5.69 Å². The molecule has 1 aliphatic heterocycles. The monoisotopic (exact) mass is 420 g/mol. The Hall–Kier alpha value is -2.83. The van der Waals surface area contributed by atoms with E-state index < -0.39 is 0 Å². The number of aryl methyl sites for hydroxylation is 1. The lowest BCUT2D eigenvalue weighted by Crippen LogP contribution is -2.46. The summed E-state index contributed by atoms with van der Waals surface area (Å²) >= 11 is 0. The molecule has 0 radical (unpaired) electrons. The van der Waals surface area contributed by atoms with Gasteiger partial charge in [-0.15, -0.1) is 0 Å². The Bertz CT molecular complexity index is 949.